The molecule has 2 aromatic carbocycles. The fourth-order valence-electron chi connectivity index (χ4n) is 1.53. The monoisotopic (exact) mass is 436 g/mol. The number of benzene rings is 2. The predicted octanol–water partition coefficient (Wildman–Crippen LogP) is 5.35. The number of nitrogens with one attached hydrogen (secondary N) is 1. The summed E-state index contributed by atoms with van der Waals surface area (Å²) in [4.78, 5) is 12.2. The summed E-state index contributed by atoms with van der Waals surface area (Å²) < 4.78 is 1.37. The lowest BCUT2D eigenvalue weighted by molar-refractivity contribution is 0.102. The minimum Gasteiger partial charge on any atom is -0.397 e. The molecule has 0 aliphatic heterocycles. The molecule has 0 bridgehead atoms. The van der Waals surface area contributed by atoms with E-state index in [0.29, 0.717) is 35.9 Å². The largest absolute Gasteiger partial charge is 0.397 e. The van der Waals surface area contributed by atoms with Crippen molar-refractivity contribution < 1.29 is 4.79 Å². The van der Waals surface area contributed by atoms with Gasteiger partial charge < -0.3 is 11.1 Å². The molecule has 0 aliphatic carbocycles. The number of hydrogen-bond acceptors (Lipinski definition) is 2. The number of nitrogens with two attached hydrogens (primary N) is 1. The normalized spacial score (nSPS) is 10.4. The maximum absolute atomic E-state index is 12.2. The SMILES string of the molecule is Nc1c(Br)cc(NC(=O)c2ccc(Cl)cc2Cl)cc1Br. The molecule has 20 heavy (non-hydrogen) atoms. The Bertz CT molecular complexity index is 669. The molecule has 0 radical (unpaired) electrons. The summed E-state index contributed by atoms with van der Waals surface area (Å²) in [7, 11) is 0. The first kappa shape index (κ1) is 15.6. The molecule has 0 aromatic heterocycles. The summed E-state index contributed by atoms with van der Waals surface area (Å²) in [6.45, 7) is 0. The molecular formula is C13H8Br2Cl2N2O. The highest BCUT2D eigenvalue weighted by Crippen LogP contribution is 2.32. The molecule has 104 valence electrons. The summed E-state index contributed by atoms with van der Waals surface area (Å²) in [5.41, 5.74) is 7.29. The van der Waals surface area contributed by atoms with Gasteiger partial charge in [-0.3, -0.25) is 4.79 Å². The smallest absolute Gasteiger partial charge is 0.257 e. The zero-order valence-electron chi connectivity index (χ0n) is 9.88. The van der Waals surface area contributed by atoms with Crippen LogP contribution in [0.3, 0.4) is 0 Å². The maximum Gasteiger partial charge on any atom is 0.257 e. The molecule has 0 atom stereocenters. The zero-order chi connectivity index (χ0) is 14.9. The standard InChI is InChI=1S/C13H8Br2Cl2N2O/c14-9-4-7(5-10(15)12(9)18)19-13(20)8-2-1-6(16)3-11(8)17/h1-5H,18H2,(H,19,20). The lowest BCUT2D eigenvalue weighted by atomic mass is 10.2. The highest BCUT2D eigenvalue weighted by molar-refractivity contribution is 9.11. The van der Waals surface area contributed by atoms with Gasteiger partial charge in [0.1, 0.15) is 0 Å². The van der Waals surface area contributed by atoms with Crippen LogP contribution in [-0.4, -0.2) is 5.91 Å². The average Bonchev–Trinajstić information content (AvgIpc) is 2.35. The third-order valence-electron chi connectivity index (χ3n) is 2.51. The van der Waals surface area contributed by atoms with Crippen molar-refractivity contribution in [2.24, 2.45) is 0 Å². The van der Waals surface area contributed by atoms with Gasteiger partial charge in [0.25, 0.3) is 5.91 Å². The molecule has 2 rings (SSSR count). The van der Waals surface area contributed by atoms with E-state index >= 15 is 0 Å². The van der Waals surface area contributed by atoms with Gasteiger partial charge >= 0.3 is 0 Å². The van der Waals surface area contributed by atoms with Crippen LogP contribution >= 0.6 is 55.1 Å². The van der Waals surface area contributed by atoms with Gasteiger partial charge in [-0.05, 0) is 62.2 Å². The Morgan fingerprint density at radius 2 is 1.70 bits per heavy atom. The molecule has 7 heteroatoms. The molecule has 0 saturated heterocycles. The lowest BCUT2D eigenvalue weighted by Gasteiger charge is -2.10. The summed E-state index contributed by atoms with van der Waals surface area (Å²) in [5, 5.41) is 3.52. The predicted molar refractivity (Wildman–Crippen MR) is 90.7 cm³/mol. The minimum atomic E-state index is -0.324. The highest BCUT2D eigenvalue weighted by atomic mass is 79.9. The van der Waals surface area contributed by atoms with Crippen LogP contribution in [0.25, 0.3) is 0 Å². The number of hydrogen-bond donors (Lipinski definition) is 2. The van der Waals surface area contributed by atoms with Crippen LogP contribution in [0.4, 0.5) is 11.4 Å². The highest BCUT2D eigenvalue weighted by Gasteiger charge is 2.12. The van der Waals surface area contributed by atoms with Crippen molar-refractivity contribution in [3.05, 3.63) is 54.9 Å². The molecule has 1 amide bonds. The van der Waals surface area contributed by atoms with Gasteiger partial charge in [0.2, 0.25) is 0 Å². The van der Waals surface area contributed by atoms with Gasteiger partial charge in [-0.15, -0.1) is 0 Å². The third-order valence-corrected chi connectivity index (χ3v) is 4.37. The first-order valence-electron chi connectivity index (χ1n) is 5.39. The van der Waals surface area contributed by atoms with E-state index < -0.39 is 0 Å². The Labute approximate surface area is 142 Å². The maximum atomic E-state index is 12.2. The molecule has 0 heterocycles. The second-order valence-electron chi connectivity index (χ2n) is 3.93. The van der Waals surface area contributed by atoms with Gasteiger partial charge in [0, 0.05) is 19.7 Å². The Balaban J connectivity index is 2.28. The van der Waals surface area contributed by atoms with Gasteiger partial charge in [-0.25, -0.2) is 0 Å². The number of carbonyl (C=O) groups excluding carboxylic acids is 1. The molecule has 3 N–H and O–H groups in total. The zero-order valence-corrected chi connectivity index (χ0v) is 14.6. The second-order valence-corrected chi connectivity index (χ2v) is 6.48. The molecular weight excluding hydrogens is 431 g/mol. The summed E-state index contributed by atoms with van der Waals surface area (Å²) in [6, 6.07) is 8.12. The number of anilines is 2. The fraction of sp³-hybridized carbons (Fsp3) is 0. The van der Waals surface area contributed by atoms with Crippen LogP contribution in [0.1, 0.15) is 10.4 Å². The van der Waals surface area contributed by atoms with Gasteiger partial charge in [0.15, 0.2) is 0 Å². The van der Waals surface area contributed by atoms with Gasteiger partial charge in [-0.1, -0.05) is 23.2 Å². The van der Waals surface area contributed by atoms with Crippen molar-refractivity contribution in [2.75, 3.05) is 11.1 Å². The number of amides is 1. The van der Waals surface area contributed by atoms with Crippen molar-refractivity contribution in [2.45, 2.75) is 0 Å². The van der Waals surface area contributed by atoms with E-state index in [2.05, 4.69) is 37.2 Å². The van der Waals surface area contributed by atoms with Crippen molar-refractivity contribution in [1.82, 2.24) is 0 Å². The molecule has 0 unspecified atom stereocenters. The van der Waals surface area contributed by atoms with Crippen LogP contribution in [0.2, 0.25) is 10.0 Å². The van der Waals surface area contributed by atoms with Crippen LogP contribution in [-0.2, 0) is 0 Å². The topological polar surface area (TPSA) is 55.1 Å². The lowest BCUT2D eigenvalue weighted by Crippen LogP contribution is -2.12. The molecule has 0 saturated carbocycles. The van der Waals surface area contributed by atoms with Crippen LogP contribution < -0.4 is 11.1 Å². The number of nitrogen functional groups attached to an aromatic ring is 1. The Morgan fingerprint density at radius 1 is 1.10 bits per heavy atom. The van der Waals surface area contributed by atoms with Gasteiger partial charge in [-0.2, -0.15) is 0 Å². The quantitative estimate of drug-likeness (QED) is 0.621. The number of carbonyl (C=O) groups is 1. The van der Waals surface area contributed by atoms with Crippen LogP contribution in [0, 0.1) is 0 Å². The van der Waals surface area contributed by atoms with Crippen molar-refractivity contribution in [1.29, 1.82) is 0 Å². The van der Waals surface area contributed by atoms with E-state index in [1.54, 1.807) is 24.3 Å². The molecule has 3 nitrogen and oxygen atoms in total. The van der Waals surface area contributed by atoms with E-state index in [4.69, 9.17) is 28.9 Å². The molecule has 0 fully saturated rings. The van der Waals surface area contributed by atoms with E-state index in [9.17, 15) is 4.79 Å². The summed E-state index contributed by atoms with van der Waals surface area (Å²) >= 11 is 18.4. The van der Waals surface area contributed by atoms with E-state index in [0.717, 1.165) is 0 Å². The van der Waals surface area contributed by atoms with Crippen molar-refractivity contribution in [3.63, 3.8) is 0 Å². The van der Waals surface area contributed by atoms with Crippen molar-refractivity contribution >= 4 is 72.3 Å². The Hall–Kier alpha value is -0.750. The summed E-state index contributed by atoms with van der Waals surface area (Å²) in [5.74, 6) is -0.324. The van der Waals surface area contributed by atoms with E-state index in [1.807, 2.05) is 0 Å². The molecule has 2 aromatic rings. The number of rotatable bonds is 2. The molecule has 0 spiro atoms. The fourth-order valence-corrected chi connectivity index (χ4v) is 3.21. The van der Waals surface area contributed by atoms with Crippen LogP contribution in [0.15, 0.2) is 39.3 Å². The van der Waals surface area contributed by atoms with Crippen molar-refractivity contribution in [3.8, 4) is 0 Å². The van der Waals surface area contributed by atoms with E-state index in [-0.39, 0.29) is 5.91 Å². The Kier molecular flexibility index (Phi) is 4.96. The first-order chi connectivity index (χ1) is 9.38. The summed E-state index contributed by atoms with van der Waals surface area (Å²) in [6.07, 6.45) is 0. The third kappa shape index (κ3) is 3.47. The average molecular weight is 439 g/mol. The van der Waals surface area contributed by atoms with Crippen LogP contribution in [0.5, 0.6) is 0 Å². The Morgan fingerprint density at radius 3 is 2.25 bits per heavy atom. The van der Waals surface area contributed by atoms with Gasteiger partial charge in [0.05, 0.1) is 16.3 Å². The molecule has 0 aliphatic rings. The first-order valence-corrected chi connectivity index (χ1v) is 7.73. The van der Waals surface area contributed by atoms with E-state index in [1.165, 1.54) is 6.07 Å². The second kappa shape index (κ2) is 6.35. The number of halogens is 4. The minimum absolute atomic E-state index is 0.295.